The van der Waals surface area contributed by atoms with E-state index in [2.05, 4.69) is 15.3 Å². The zero-order valence-electron chi connectivity index (χ0n) is 14.3. The number of hydrogen-bond acceptors (Lipinski definition) is 6. The molecule has 1 aliphatic carbocycles. The van der Waals surface area contributed by atoms with E-state index in [0.717, 1.165) is 16.9 Å². The summed E-state index contributed by atoms with van der Waals surface area (Å²) in [6.07, 6.45) is 9.96. The van der Waals surface area contributed by atoms with E-state index in [9.17, 15) is 10.2 Å². The Morgan fingerprint density at radius 2 is 2.00 bits per heavy atom. The monoisotopic (exact) mass is 346 g/mol. The molecule has 0 aromatic carbocycles. The van der Waals surface area contributed by atoms with Gasteiger partial charge in [0.15, 0.2) is 5.65 Å². The van der Waals surface area contributed by atoms with Crippen LogP contribution < -0.4 is 5.32 Å². The van der Waals surface area contributed by atoms with E-state index in [1.807, 2.05) is 10.6 Å². The van der Waals surface area contributed by atoms with Crippen molar-refractivity contribution in [2.45, 2.75) is 69.4 Å². The first-order valence-electron chi connectivity index (χ1n) is 9.28. The fourth-order valence-electron chi connectivity index (χ4n) is 3.95. The summed E-state index contributed by atoms with van der Waals surface area (Å²) in [6.45, 7) is -0.188. The van der Waals surface area contributed by atoms with Gasteiger partial charge >= 0.3 is 0 Å². The maximum atomic E-state index is 9.98. The molecule has 0 spiro atoms. The topological polar surface area (TPSA) is 92.4 Å². The Kier molecular flexibility index (Phi) is 4.87. The van der Waals surface area contributed by atoms with Crippen molar-refractivity contribution in [2.24, 2.45) is 0 Å². The number of aliphatic hydroxyl groups excluding tert-OH is 2. The molecule has 2 aromatic rings. The fraction of sp³-hybridized carbons (Fsp3) is 0.667. The molecule has 1 aliphatic heterocycles. The lowest BCUT2D eigenvalue weighted by atomic mass is 10.1. The smallest absolute Gasteiger partial charge is 0.164 e. The Labute approximate surface area is 147 Å². The summed E-state index contributed by atoms with van der Waals surface area (Å²) in [6, 6.07) is 2.47. The van der Waals surface area contributed by atoms with Gasteiger partial charge in [0, 0.05) is 18.7 Å². The summed E-state index contributed by atoms with van der Waals surface area (Å²) < 4.78 is 7.60. The van der Waals surface area contributed by atoms with Crippen molar-refractivity contribution >= 4 is 16.9 Å². The first kappa shape index (κ1) is 16.8. The van der Waals surface area contributed by atoms with Gasteiger partial charge < -0.3 is 20.3 Å². The first-order chi connectivity index (χ1) is 12.3. The van der Waals surface area contributed by atoms with Crippen LogP contribution in [-0.2, 0) is 4.74 Å². The van der Waals surface area contributed by atoms with Crippen LogP contribution in [0.3, 0.4) is 0 Å². The number of rotatable bonds is 4. The second kappa shape index (κ2) is 7.27. The van der Waals surface area contributed by atoms with Crippen LogP contribution in [0.25, 0.3) is 11.2 Å². The number of nitrogens with zero attached hydrogens (tertiary/aromatic N) is 3. The summed E-state index contributed by atoms with van der Waals surface area (Å²) in [4.78, 5) is 9.01. The van der Waals surface area contributed by atoms with Gasteiger partial charge in [0.25, 0.3) is 0 Å². The minimum atomic E-state index is -0.667. The number of anilines is 1. The molecule has 3 heterocycles. The Balaban J connectivity index is 1.58. The Hall–Kier alpha value is -1.70. The zero-order valence-corrected chi connectivity index (χ0v) is 14.3. The average molecular weight is 346 g/mol. The average Bonchev–Trinajstić information content (AvgIpc) is 3.11. The van der Waals surface area contributed by atoms with E-state index in [1.165, 1.54) is 38.5 Å². The van der Waals surface area contributed by atoms with Gasteiger partial charge in [-0.05, 0) is 18.9 Å². The van der Waals surface area contributed by atoms with Crippen LogP contribution in [0.1, 0.15) is 51.2 Å². The Bertz CT molecular complexity index is 711. The molecule has 25 heavy (non-hydrogen) atoms. The van der Waals surface area contributed by atoms with Crippen LogP contribution in [-0.4, -0.2) is 49.6 Å². The lowest BCUT2D eigenvalue weighted by Crippen LogP contribution is -2.24. The van der Waals surface area contributed by atoms with E-state index < -0.39 is 12.2 Å². The molecule has 3 N–H and O–H groups in total. The molecule has 3 atom stereocenters. The van der Waals surface area contributed by atoms with Crippen molar-refractivity contribution in [1.82, 2.24) is 14.5 Å². The molecule has 0 radical (unpaired) electrons. The molecule has 2 aromatic heterocycles. The molecular formula is C18H26N4O3. The summed E-state index contributed by atoms with van der Waals surface area (Å²) in [5, 5.41) is 22.9. The highest BCUT2D eigenvalue weighted by Gasteiger charge is 2.35. The van der Waals surface area contributed by atoms with Gasteiger partial charge in [-0.15, -0.1) is 0 Å². The molecule has 2 aliphatic rings. The second-order valence-electron chi connectivity index (χ2n) is 7.13. The summed E-state index contributed by atoms with van der Waals surface area (Å²) in [5.41, 5.74) is 2.58. The molecule has 136 valence electrons. The number of imidazole rings is 1. The molecule has 1 saturated carbocycles. The van der Waals surface area contributed by atoms with Crippen molar-refractivity contribution < 1.29 is 14.9 Å². The maximum absolute atomic E-state index is 9.98. The summed E-state index contributed by atoms with van der Waals surface area (Å²) in [7, 11) is 0. The van der Waals surface area contributed by atoms with Crippen molar-refractivity contribution in [3.63, 3.8) is 0 Å². The van der Waals surface area contributed by atoms with E-state index in [0.29, 0.717) is 12.5 Å². The predicted molar refractivity (Wildman–Crippen MR) is 94.3 cm³/mol. The van der Waals surface area contributed by atoms with Crippen LogP contribution >= 0.6 is 0 Å². The van der Waals surface area contributed by atoms with E-state index in [-0.39, 0.29) is 12.8 Å². The van der Waals surface area contributed by atoms with Crippen molar-refractivity contribution in [2.75, 3.05) is 11.9 Å². The van der Waals surface area contributed by atoms with Crippen LogP contribution in [0, 0.1) is 0 Å². The molecule has 7 heteroatoms. The SMILES string of the molecule is OC[C@H]1O[C@@H](n2cnc3c(NC4CCCCCC4)ccnc32)C[C@@H]1O. The van der Waals surface area contributed by atoms with Crippen LogP contribution in [0.4, 0.5) is 5.69 Å². The number of pyridine rings is 1. The van der Waals surface area contributed by atoms with E-state index in [1.54, 1.807) is 12.5 Å². The maximum Gasteiger partial charge on any atom is 0.164 e. The predicted octanol–water partition coefficient (Wildman–Crippen LogP) is 2.21. The van der Waals surface area contributed by atoms with Gasteiger partial charge in [-0.3, -0.25) is 4.57 Å². The molecular weight excluding hydrogens is 320 g/mol. The van der Waals surface area contributed by atoms with Gasteiger partial charge in [-0.1, -0.05) is 25.7 Å². The number of aromatic nitrogens is 3. The lowest BCUT2D eigenvalue weighted by molar-refractivity contribution is -0.0432. The molecule has 4 rings (SSSR count). The number of hydrogen-bond donors (Lipinski definition) is 3. The summed E-state index contributed by atoms with van der Waals surface area (Å²) >= 11 is 0. The Morgan fingerprint density at radius 3 is 2.72 bits per heavy atom. The summed E-state index contributed by atoms with van der Waals surface area (Å²) in [5.74, 6) is 0. The van der Waals surface area contributed by atoms with Crippen LogP contribution in [0.2, 0.25) is 0 Å². The highest BCUT2D eigenvalue weighted by molar-refractivity contribution is 5.85. The third kappa shape index (κ3) is 3.36. The van der Waals surface area contributed by atoms with Crippen molar-refractivity contribution in [1.29, 1.82) is 0 Å². The van der Waals surface area contributed by atoms with Crippen molar-refractivity contribution in [3.05, 3.63) is 18.6 Å². The normalized spacial score (nSPS) is 28.3. The second-order valence-corrected chi connectivity index (χ2v) is 7.13. The molecule has 0 unspecified atom stereocenters. The van der Waals surface area contributed by atoms with Crippen molar-refractivity contribution in [3.8, 4) is 0 Å². The van der Waals surface area contributed by atoms with Crippen LogP contribution in [0.5, 0.6) is 0 Å². The first-order valence-corrected chi connectivity index (χ1v) is 9.28. The van der Waals surface area contributed by atoms with Gasteiger partial charge in [0.2, 0.25) is 0 Å². The van der Waals surface area contributed by atoms with Gasteiger partial charge in [0.05, 0.1) is 24.7 Å². The molecule has 0 amide bonds. The van der Waals surface area contributed by atoms with Crippen LogP contribution in [0.15, 0.2) is 18.6 Å². The van der Waals surface area contributed by atoms with E-state index >= 15 is 0 Å². The third-order valence-electron chi connectivity index (χ3n) is 5.37. The molecule has 0 bridgehead atoms. The fourth-order valence-corrected chi connectivity index (χ4v) is 3.95. The third-order valence-corrected chi connectivity index (χ3v) is 5.37. The highest BCUT2D eigenvalue weighted by atomic mass is 16.5. The number of ether oxygens (including phenoxy) is 1. The number of aliphatic hydroxyl groups is 2. The molecule has 1 saturated heterocycles. The van der Waals surface area contributed by atoms with E-state index in [4.69, 9.17) is 4.74 Å². The lowest BCUT2D eigenvalue weighted by Gasteiger charge is -2.18. The van der Waals surface area contributed by atoms with Gasteiger partial charge in [-0.2, -0.15) is 0 Å². The standard InChI is InChI=1S/C18H26N4O3/c23-10-15-14(24)9-16(25-15)22-11-20-17-13(7-8-19-18(17)22)21-12-5-3-1-2-4-6-12/h7-8,11-12,14-16,23-24H,1-6,9-10H2,(H,19,21)/t14-,15+,16+/m0/s1. The molecule has 2 fully saturated rings. The number of fused-ring (bicyclic) bond motifs is 1. The molecule has 7 nitrogen and oxygen atoms in total. The van der Waals surface area contributed by atoms with Gasteiger partial charge in [-0.25, -0.2) is 9.97 Å². The largest absolute Gasteiger partial charge is 0.394 e. The highest BCUT2D eigenvalue weighted by Crippen LogP contribution is 2.32. The quantitative estimate of drug-likeness (QED) is 0.735. The number of nitrogens with one attached hydrogen (secondary N) is 1. The minimum absolute atomic E-state index is 0.188. The Morgan fingerprint density at radius 1 is 1.20 bits per heavy atom. The minimum Gasteiger partial charge on any atom is -0.394 e. The zero-order chi connectivity index (χ0) is 17.2. The van der Waals surface area contributed by atoms with Gasteiger partial charge in [0.1, 0.15) is 17.8 Å².